The second-order valence-corrected chi connectivity index (χ2v) is 10.5. The lowest BCUT2D eigenvalue weighted by Gasteiger charge is -2.58. The van der Waals surface area contributed by atoms with Gasteiger partial charge >= 0.3 is 6.09 Å². The molecule has 0 radical (unpaired) electrons. The first kappa shape index (κ1) is 22.8. The van der Waals surface area contributed by atoms with E-state index >= 15 is 0 Å². The average Bonchev–Trinajstić information content (AvgIpc) is 3.08. The van der Waals surface area contributed by atoms with Gasteiger partial charge in [0.05, 0.1) is 6.04 Å². The number of carbonyl (C=O) groups is 1. The summed E-state index contributed by atoms with van der Waals surface area (Å²) in [5.41, 5.74) is 7.70. The smallest absolute Gasteiger partial charge is 0.410 e. The van der Waals surface area contributed by atoms with E-state index in [0.717, 1.165) is 24.2 Å². The van der Waals surface area contributed by atoms with Crippen LogP contribution < -0.4 is 10.5 Å². The van der Waals surface area contributed by atoms with Gasteiger partial charge in [0.2, 0.25) is 0 Å². The van der Waals surface area contributed by atoms with Gasteiger partial charge in [-0.3, -0.25) is 0 Å². The average molecular weight is 472 g/mol. The standard InChI is InChI=1S/C27H29N5O3/c1-26(2,3)35-25(33)31-16-27(17-31)13-19(14-27)32-24(29)22(15-28)23(30-32)18-9-11-21(12-10-18)34-20-7-5-4-6-8-20/h4-12,19H,13-14,16-17,29H2,1-3H3. The van der Waals surface area contributed by atoms with Crippen LogP contribution in [-0.2, 0) is 4.74 Å². The van der Waals surface area contributed by atoms with Crippen molar-refractivity contribution in [3.05, 3.63) is 60.2 Å². The summed E-state index contributed by atoms with van der Waals surface area (Å²) in [5, 5.41) is 14.5. The fourth-order valence-electron chi connectivity index (χ4n) is 4.93. The van der Waals surface area contributed by atoms with Crippen LogP contribution in [0.2, 0.25) is 0 Å². The van der Waals surface area contributed by atoms with E-state index in [0.29, 0.717) is 35.9 Å². The van der Waals surface area contributed by atoms with Crippen molar-refractivity contribution in [2.24, 2.45) is 5.41 Å². The van der Waals surface area contributed by atoms with Crippen LogP contribution in [0.15, 0.2) is 54.6 Å². The van der Waals surface area contributed by atoms with E-state index in [4.69, 9.17) is 20.3 Å². The number of ether oxygens (including phenoxy) is 2. The molecule has 2 N–H and O–H groups in total. The van der Waals surface area contributed by atoms with Crippen LogP contribution >= 0.6 is 0 Å². The first-order valence-corrected chi connectivity index (χ1v) is 11.8. The van der Waals surface area contributed by atoms with Crippen molar-refractivity contribution in [2.45, 2.75) is 45.3 Å². The maximum Gasteiger partial charge on any atom is 0.410 e. The number of carbonyl (C=O) groups excluding carboxylic acids is 1. The molecule has 0 atom stereocenters. The highest BCUT2D eigenvalue weighted by atomic mass is 16.6. The molecule has 35 heavy (non-hydrogen) atoms. The minimum absolute atomic E-state index is 0.0867. The predicted octanol–water partition coefficient (Wildman–Crippen LogP) is 5.37. The summed E-state index contributed by atoms with van der Waals surface area (Å²) in [6.07, 6.45) is 1.47. The number of likely N-dealkylation sites (tertiary alicyclic amines) is 1. The molecular formula is C27H29N5O3. The molecular weight excluding hydrogens is 442 g/mol. The Morgan fingerprint density at radius 3 is 2.31 bits per heavy atom. The molecule has 2 aliphatic rings. The van der Waals surface area contributed by atoms with Crippen LogP contribution in [0.4, 0.5) is 10.6 Å². The van der Waals surface area contributed by atoms with Gasteiger partial charge in [0, 0.05) is 24.1 Å². The number of anilines is 1. The summed E-state index contributed by atoms with van der Waals surface area (Å²) in [6, 6.07) is 19.4. The number of para-hydroxylation sites is 1. The van der Waals surface area contributed by atoms with E-state index in [9.17, 15) is 10.1 Å². The van der Waals surface area contributed by atoms with Crippen LogP contribution in [0, 0.1) is 16.7 Å². The third kappa shape index (κ3) is 4.42. The third-order valence-electron chi connectivity index (χ3n) is 6.55. The van der Waals surface area contributed by atoms with E-state index < -0.39 is 5.60 Å². The molecule has 1 aromatic heterocycles. The van der Waals surface area contributed by atoms with Crippen molar-refractivity contribution in [3.63, 3.8) is 0 Å². The Morgan fingerprint density at radius 1 is 1.09 bits per heavy atom. The van der Waals surface area contributed by atoms with Gasteiger partial charge in [-0.2, -0.15) is 10.4 Å². The SMILES string of the molecule is CC(C)(C)OC(=O)N1CC2(CC(n3nc(-c4ccc(Oc5ccccc5)cc4)c(C#N)c3N)C2)C1. The molecule has 8 nitrogen and oxygen atoms in total. The first-order chi connectivity index (χ1) is 16.7. The van der Waals surface area contributed by atoms with Crippen LogP contribution in [0.3, 0.4) is 0 Å². The molecule has 180 valence electrons. The topological polar surface area (TPSA) is 106 Å². The third-order valence-corrected chi connectivity index (χ3v) is 6.55. The Morgan fingerprint density at radius 2 is 1.71 bits per heavy atom. The van der Waals surface area contributed by atoms with E-state index in [2.05, 4.69) is 6.07 Å². The number of nitrogens with zero attached hydrogens (tertiary/aromatic N) is 4. The lowest BCUT2D eigenvalue weighted by Crippen LogP contribution is -2.64. The summed E-state index contributed by atoms with van der Waals surface area (Å²) < 4.78 is 13.1. The predicted molar refractivity (Wildman–Crippen MR) is 132 cm³/mol. The van der Waals surface area contributed by atoms with Crippen molar-refractivity contribution in [1.82, 2.24) is 14.7 Å². The molecule has 1 amide bonds. The Bertz CT molecular complexity index is 1270. The molecule has 0 bridgehead atoms. The van der Waals surface area contributed by atoms with E-state index in [1.54, 1.807) is 9.58 Å². The van der Waals surface area contributed by atoms with E-state index in [1.807, 2.05) is 75.4 Å². The van der Waals surface area contributed by atoms with Crippen LogP contribution in [0.5, 0.6) is 11.5 Å². The van der Waals surface area contributed by atoms with Gasteiger partial charge in [0.15, 0.2) is 0 Å². The largest absolute Gasteiger partial charge is 0.457 e. The number of hydrogen-bond acceptors (Lipinski definition) is 6. The Kier molecular flexibility index (Phi) is 5.43. The van der Waals surface area contributed by atoms with Crippen molar-refractivity contribution in [2.75, 3.05) is 18.8 Å². The molecule has 1 saturated heterocycles. The van der Waals surface area contributed by atoms with Crippen molar-refractivity contribution in [3.8, 4) is 28.8 Å². The molecule has 1 aliphatic heterocycles. The Balaban J connectivity index is 1.26. The highest BCUT2D eigenvalue weighted by molar-refractivity contribution is 5.73. The van der Waals surface area contributed by atoms with Gasteiger partial charge in [-0.1, -0.05) is 18.2 Å². The van der Waals surface area contributed by atoms with Gasteiger partial charge in [-0.25, -0.2) is 9.48 Å². The van der Waals surface area contributed by atoms with Crippen molar-refractivity contribution in [1.29, 1.82) is 5.26 Å². The number of nitrogens with two attached hydrogens (primary N) is 1. The number of amides is 1. The summed E-state index contributed by atoms with van der Waals surface area (Å²) in [4.78, 5) is 14.0. The molecule has 1 spiro atoms. The van der Waals surface area contributed by atoms with Crippen LogP contribution in [0.1, 0.15) is 45.2 Å². The molecule has 5 rings (SSSR count). The minimum atomic E-state index is -0.499. The van der Waals surface area contributed by atoms with E-state index in [1.165, 1.54) is 0 Å². The van der Waals surface area contributed by atoms with E-state index in [-0.39, 0.29) is 17.6 Å². The minimum Gasteiger partial charge on any atom is -0.457 e. The summed E-state index contributed by atoms with van der Waals surface area (Å²) in [5.74, 6) is 1.84. The highest BCUT2D eigenvalue weighted by Gasteiger charge is 2.55. The number of benzene rings is 2. The number of rotatable bonds is 4. The lowest BCUT2D eigenvalue weighted by atomic mass is 9.61. The van der Waals surface area contributed by atoms with Crippen LogP contribution in [0.25, 0.3) is 11.3 Å². The molecule has 1 aliphatic carbocycles. The highest BCUT2D eigenvalue weighted by Crippen LogP contribution is 2.55. The second-order valence-electron chi connectivity index (χ2n) is 10.5. The van der Waals surface area contributed by atoms with Gasteiger partial charge in [-0.05, 0) is 70.0 Å². The number of nitriles is 1. The van der Waals surface area contributed by atoms with Crippen molar-refractivity contribution < 1.29 is 14.3 Å². The normalized spacial score (nSPS) is 16.8. The van der Waals surface area contributed by atoms with Gasteiger partial charge in [0.25, 0.3) is 0 Å². The van der Waals surface area contributed by atoms with Gasteiger partial charge in [0.1, 0.15) is 40.2 Å². The Hall–Kier alpha value is -3.99. The number of hydrogen-bond donors (Lipinski definition) is 1. The summed E-state index contributed by atoms with van der Waals surface area (Å²) >= 11 is 0. The molecule has 1 saturated carbocycles. The second kappa shape index (κ2) is 8.35. The van der Waals surface area contributed by atoms with Crippen LogP contribution in [-0.4, -0.2) is 39.5 Å². The lowest BCUT2D eigenvalue weighted by molar-refractivity contribution is -0.0923. The van der Waals surface area contributed by atoms with Gasteiger partial charge in [-0.15, -0.1) is 0 Å². The molecule has 0 unspecified atom stereocenters. The maximum absolute atomic E-state index is 12.3. The molecule has 8 heteroatoms. The fraction of sp³-hybridized carbons (Fsp3) is 0.370. The monoisotopic (exact) mass is 471 g/mol. The molecule has 2 aromatic carbocycles. The molecule has 2 heterocycles. The molecule has 2 fully saturated rings. The summed E-state index contributed by atoms with van der Waals surface area (Å²) in [7, 11) is 0. The van der Waals surface area contributed by atoms with Crippen molar-refractivity contribution >= 4 is 11.9 Å². The molecule has 3 aromatic rings. The number of aromatic nitrogens is 2. The van der Waals surface area contributed by atoms with Gasteiger partial charge < -0.3 is 20.1 Å². The maximum atomic E-state index is 12.3. The summed E-state index contributed by atoms with van der Waals surface area (Å²) in [6.45, 7) is 6.97. The first-order valence-electron chi connectivity index (χ1n) is 11.8. The Labute approximate surface area is 204 Å². The zero-order valence-corrected chi connectivity index (χ0v) is 20.2. The zero-order valence-electron chi connectivity index (χ0n) is 20.2. The quantitative estimate of drug-likeness (QED) is 0.548. The zero-order chi connectivity index (χ0) is 24.8. The fourth-order valence-corrected chi connectivity index (χ4v) is 4.93. The number of nitrogen functional groups attached to an aromatic ring is 1.